The lowest BCUT2D eigenvalue weighted by molar-refractivity contribution is 0.287. The molecule has 212 valence electrons. The van der Waals surface area contributed by atoms with E-state index in [0.717, 1.165) is 87.6 Å². The van der Waals surface area contributed by atoms with Gasteiger partial charge in [-0.3, -0.25) is 0 Å². The zero-order chi connectivity index (χ0) is 26.8. The van der Waals surface area contributed by atoms with Gasteiger partial charge in [-0.25, -0.2) is 0 Å². The summed E-state index contributed by atoms with van der Waals surface area (Å²) in [5.41, 5.74) is 0. The summed E-state index contributed by atoms with van der Waals surface area (Å²) in [6.45, 7) is 11.0. The minimum atomic E-state index is -1.92. The maximum Gasteiger partial charge on any atom is 0.0543 e. The first-order valence-corrected chi connectivity index (χ1v) is 23.0. The first kappa shape index (κ1) is 35.4. The number of aliphatic hydroxyl groups excluding tert-OH is 6. The van der Waals surface area contributed by atoms with Gasteiger partial charge in [0.15, 0.2) is 0 Å². The lowest BCUT2D eigenvalue weighted by Gasteiger charge is -2.55. The molecule has 0 fully saturated rings. The Morgan fingerprint density at radius 3 is 0.771 bits per heavy atom. The van der Waals surface area contributed by atoms with Crippen LogP contribution >= 0.6 is 0 Å². The van der Waals surface area contributed by atoms with Crippen LogP contribution in [-0.4, -0.2) is 94.5 Å². The quantitative estimate of drug-likeness (QED) is 0.0979. The third-order valence-electron chi connectivity index (χ3n) is 9.09. The van der Waals surface area contributed by atoms with Gasteiger partial charge in [0.2, 0.25) is 0 Å². The van der Waals surface area contributed by atoms with Crippen LogP contribution in [0.1, 0.15) is 65.2 Å². The van der Waals surface area contributed by atoms with Crippen molar-refractivity contribution < 1.29 is 30.6 Å². The molecule has 6 N–H and O–H groups in total. The molecule has 6 nitrogen and oxygen atoms in total. The van der Waals surface area contributed by atoms with Gasteiger partial charge >= 0.3 is 0 Å². The number of rotatable bonds is 24. The van der Waals surface area contributed by atoms with Crippen molar-refractivity contribution in [3.05, 3.63) is 0 Å². The van der Waals surface area contributed by atoms with E-state index < -0.39 is 24.2 Å². The molecule has 0 aromatic carbocycles. The molecule has 35 heavy (non-hydrogen) atoms. The number of aliphatic hydroxyl groups is 6. The molecule has 0 bridgehead atoms. The minimum Gasteiger partial charge on any atom is -0.396 e. The number of hydrogen-bond donors (Lipinski definition) is 6. The van der Waals surface area contributed by atoms with Crippen LogP contribution in [0.2, 0.25) is 59.7 Å². The van der Waals surface area contributed by atoms with Crippen molar-refractivity contribution in [2.45, 2.75) is 125 Å². The van der Waals surface area contributed by atoms with Crippen LogP contribution in [0.5, 0.6) is 0 Å². The Morgan fingerprint density at radius 1 is 0.429 bits per heavy atom. The second-order valence-corrected chi connectivity index (χ2v) is 27.5. The van der Waals surface area contributed by atoms with Gasteiger partial charge in [-0.2, -0.15) is 0 Å². The van der Waals surface area contributed by atoms with Gasteiger partial charge in [0.1, 0.15) is 0 Å². The molecule has 0 aromatic heterocycles. The third kappa shape index (κ3) is 10.6. The molecule has 9 heteroatoms. The van der Waals surface area contributed by atoms with E-state index in [0.29, 0.717) is 10.3 Å². The number of hydrogen-bond acceptors (Lipinski definition) is 6. The highest BCUT2D eigenvalue weighted by Crippen LogP contribution is 2.54. The van der Waals surface area contributed by atoms with E-state index in [1.54, 1.807) is 0 Å². The molecule has 0 aliphatic heterocycles. The summed E-state index contributed by atoms with van der Waals surface area (Å²) in [7, 11) is -5.74. The molecule has 2 atom stereocenters. The molecule has 2 unspecified atom stereocenters. The van der Waals surface area contributed by atoms with Crippen molar-refractivity contribution in [1.82, 2.24) is 0 Å². The summed E-state index contributed by atoms with van der Waals surface area (Å²) in [6, 6.07) is 6.38. The van der Waals surface area contributed by atoms with Crippen LogP contribution in [0.4, 0.5) is 0 Å². The van der Waals surface area contributed by atoms with E-state index >= 15 is 0 Å². The molecule has 0 rings (SSSR count). The van der Waals surface area contributed by atoms with Crippen molar-refractivity contribution in [1.29, 1.82) is 0 Å². The van der Waals surface area contributed by atoms with Crippen LogP contribution in [0.3, 0.4) is 0 Å². The van der Waals surface area contributed by atoms with E-state index in [1.165, 1.54) is 0 Å². The summed E-state index contributed by atoms with van der Waals surface area (Å²) in [5, 5.41) is 60.0. The van der Waals surface area contributed by atoms with Crippen molar-refractivity contribution in [3.63, 3.8) is 0 Å². The average molecular weight is 553 g/mol. The Labute approximate surface area is 219 Å². The van der Waals surface area contributed by atoms with Crippen LogP contribution in [0, 0.1) is 0 Å². The topological polar surface area (TPSA) is 121 Å². The molecular weight excluding hydrogens is 493 g/mol. The van der Waals surface area contributed by atoms with E-state index in [2.05, 4.69) is 26.9 Å². The van der Waals surface area contributed by atoms with E-state index in [4.69, 9.17) is 0 Å². The summed E-state index contributed by atoms with van der Waals surface area (Å²) in [5.74, 6) is 0. The Morgan fingerprint density at radius 2 is 0.629 bits per heavy atom. The predicted octanol–water partition coefficient (Wildman–Crippen LogP) is 4.53. The molecule has 0 aliphatic rings. The fraction of sp³-hybridized carbons (Fsp3) is 1.00. The smallest absolute Gasteiger partial charge is 0.0543 e. The lowest BCUT2D eigenvalue weighted by atomic mass is 10.5. The maximum absolute atomic E-state index is 9.78. The molecule has 0 aromatic rings. The van der Waals surface area contributed by atoms with Crippen molar-refractivity contribution >= 4 is 24.2 Å². The van der Waals surface area contributed by atoms with E-state index in [-0.39, 0.29) is 39.6 Å². The van der Waals surface area contributed by atoms with Crippen molar-refractivity contribution in [2.24, 2.45) is 0 Å². The molecule has 0 aliphatic carbocycles. The van der Waals surface area contributed by atoms with Crippen LogP contribution < -0.4 is 0 Å². The fourth-order valence-corrected chi connectivity index (χ4v) is 38.1. The molecule has 0 saturated carbocycles. The maximum atomic E-state index is 9.78. The Balaban J connectivity index is 6.70. The van der Waals surface area contributed by atoms with E-state index in [1.807, 2.05) is 0 Å². The summed E-state index contributed by atoms with van der Waals surface area (Å²) < 4.78 is 0. The molecular formula is C26H60O6Si3. The molecule has 0 heterocycles. The SMILES string of the molecule is CCC([Si](CCCO)(CCCO)CCCO)[Si](C)(C)C(CC)[Si](CCCO)(CCCO)CCCO. The van der Waals surface area contributed by atoms with Crippen molar-refractivity contribution in [3.8, 4) is 0 Å². The standard InChI is InChI=1S/C26H60O6Si3/c1-5-25(34(19-7-13-27,20-8-14-28)21-9-15-29)33(3,4)26(6-2)35(22-10-16-30,23-11-17-31)24-12-18-32/h25-32H,5-24H2,1-4H3. The first-order valence-electron chi connectivity index (χ1n) is 14.4. The van der Waals surface area contributed by atoms with Gasteiger partial charge in [0.05, 0.1) is 16.1 Å². The Bertz CT molecular complexity index is 424. The Kier molecular flexibility index (Phi) is 19.7. The predicted molar refractivity (Wildman–Crippen MR) is 156 cm³/mol. The average Bonchev–Trinajstić information content (AvgIpc) is 2.85. The van der Waals surface area contributed by atoms with Gasteiger partial charge in [0.25, 0.3) is 0 Å². The van der Waals surface area contributed by atoms with Crippen LogP contribution in [0.15, 0.2) is 0 Å². The summed E-state index contributed by atoms with van der Waals surface area (Å²) in [6.07, 6.45) is 7.09. The third-order valence-corrected chi connectivity index (χ3v) is 33.5. The van der Waals surface area contributed by atoms with Crippen molar-refractivity contribution in [2.75, 3.05) is 39.6 Å². The van der Waals surface area contributed by atoms with Gasteiger partial charge in [-0.1, -0.05) is 76.0 Å². The van der Waals surface area contributed by atoms with E-state index in [9.17, 15) is 30.6 Å². The fourth-order valence-electron chi connectivity index (χ4n) is 8.12. The lowest BCUT2D eigenvalue weighted by Crippen LogP contribution is -2.59. The normalized spacial score (nSPS) is 14.9. The molecule has 0 saturated heterocycles. The zero-order valence-corrected chi connectivity index (χ0v) is 26.5. The largest absolute Gasteiger partial charge is 0.396 e. The second-order valence-electron chi connectivity index (χ2n) is 11.4. The van der Waals surface area contributed by atoms with Gasteiger partial charge in [-0.15, -0.1) is 0 Å². The molecule has 0 radical (unpaired) electrons. The second kappa shape index (κ2) is 19.5. The minimum absolute atomic E-state index is 0.199. The Hall–Kier alpha value is 0.411. The van der Waals surface area contributed by atoms with Crippen LogP contribution in [0.25, 0.3) is 0 Å². The van der Waals surface area contributed by atoms with Crippen LogP contribution in [-0.2, 0) is 0 Å². The monoisotopic (exact) mass is 552 g/mol. The highest BCUT2D eigenvalue weighted by Gasteiger charge is 2.54. The highest BCUT2D eigenvalue weighted by atomic mass is 28.4. The zero-order valence-electron chi connectivity index (χ0n) is 23.5. The molecule has 0 spiro atoms. The summed E-state index contributed by atoms with van der Waals surface area (Å²) >= 11 is 0. The summed E-state index contributed by atoms with van der Waals surface area (Å²) in [4.78, 5) is 0. The van der Waals surface area contributed by atoms with Gasteiger partial charge in [-0.05, 0) is 48.9 Å². The first-order chi connectivity index (χ1) is 16.7. The van der Waals surface area contributed by atoms with Gasteiger partial charge < -0.3 is 30.6 Å². The highest BCUT2D eigenvalue weighted by molar-refractivity contribution is 7.06. The molecule has 0 amide bonds. The van der Waals surface area contributed by atoms with Gasteiger partial charge in [0, 0.05) is 47.7 Å².